The second-order valence-corrected chi connectivity index (χ2v) is 5.21. The van der Waals surface area contributed by atoms with Gasteiger partial charge in [-0.15, -0.1) is 0 Å². The molecule has 0 aliphatic heterocycles. The van der Waals surface area contributed by atoms with Crippen LogP contribution in [-0.2, 0) is 6.54 Å². The van der Waals surface area contributed by atoms with Crippen LogP contribution in [0.2, 0.25) is 0 Å². The first-order valence-corrected chi connectivity index (χ1v) is 6.36. The third-order valence-electron chi connectivity index (χ3n) is 2.30. The minimum atomic E-state index is 0.541. The normalized spacial score (nSPS) is 11.2. The summed E-state index contributed by atoms with van der Waals surface area (Å²) >= 11 is 0. The highest BCUT2D eigenvalue weighted by molar-refractivity contribution is 5.29. The van der Waals surface area contributed by atoms with E-state index < -0.39 is 0 Å². The first kappa shape index (κ1) is 14.0. The van der Waals surface area contributed by atoms with E-state index in [0.29, 0.717) is 11.8 Å². The van der Waals surface area contributed by atoms with Crippen LogP contribution < -0.4 is 10.1 Å². The molecule has 0 amide bonds. The highest BCUT2D eigenvalue weighted by Gasteiger charge is 2.04. The fourth-order valence-electron chi connectivity index (χ4n) is 1.44. The van der Waals surface area contributed by atoms with Crippen molar-refractivity contribution in [3.05, 3.63) is 24.0 Å². The molecule has 1 aromatic heterocycles. The second-order valence-electron chi connectivity index (χ2n) is 5.21. The van der Waals surface area contributed by atoms with Gasteiger partial charge in [-0.2, -0.15) is 0 Å². The summed E-state index contributed by atoms with van der Waals surface area (Å²) in [6.07, 6.45) is 3.66. The number of hydrogen-bond acceptors (Lipinski definition) is 3. The summed E-state index contributed by atoms with van der Waals surface area (Å²) in [5.41, 5.74) is 1.13. The fourth-order valence-corrected chi connectivity index (χ4v) is 1.44. The summed E-state index contributed by atoms with van der Waals surface area (Å²) in [4.78, 5) is 4.15. The highest BCUT2D eigenvalue weighted by atomic mass is 16.5. The molecule has 1 aromatic rings. The summed E-state index contributed by atoms with van der Waals surface area (Å²) in [7, 11) is 0. The molecule has 0 atom stereocenters. The van der Waals surface area contributed by atoms with Crippen molar-refractivity contribution in [2.45, 2.75) is 34.2 Å². The summed E-state index contributed by atoms with van der Waals surface area (Å²) in [5, 5.41) is 3.41. The zero-order chi connectivity index (χ0) is 12.7. The zero-order valence-corrected chi connectivity index (χ0v) is 11.4. The SMILES string of the molecule is CC(C)CNCc1cnccc1OCC(C)C. The first-order chi connectivity index (χ1) is 8.09. The average molecular weight is 236 g/mol. The van der Waals surface area contributed by atoms with E-state index in [1.165, 1.54) is 0 Å². The molecule has 0 bridgehead atoms. The Morgan fingerprint density at radius 3 is 2.65 bits per heavy atom. The molecule has 0 saturated heterocycles. The Morgan fingerprint density at radius 1 is 1.24 bits per heavy atom. The van der Waals surface area contributed by atoms with Crippen molar-refractivity contribution in [3.63, 3.8) is 0 Å². The quantitative estimate of drug-likeness (QED) is 0.790. The van der Waals surface area contributed by atoms with Crippen molar-refractivity contribution in [2.24, 2.45) is 11.8 Å². The Hall–Kier alpha value is -1.09. The third kappa shape index (κ3) is 5.68. The molecular weight excluding hydrogens is 212 g/mol. The average Bonchev–Trinajstić information content (AvgIpc) is 2.27. The smallest absolute Gasteiger partial charge is 0.126 e. The van der Waals surface area contributed by atoms with Crippen LogP contribution >= 0.6 is 0 Å². The molecule has 0 aliphatic carbocycles. The van der Waals surface area contributed by atoms with Crippen molar-refractivity contribution in [1.82, 2.24) is 10.3 Å². The number of nitrogens with one attached hydrogen (secondary N) is 1. The molecule has 0 spiro atoms. The van der Waals surface area contributed by atoms with Crippen molar-refractivity contribution >= 4 is 0 Å². The fraction of sp³-hybridized carbons (Fsp3) is 0.643. The summed E-state index contributed by atoms with van der Waals surface area (Å²) in [6.45, 7) is 11.3. The molecule has 0 aromatic carbocycles. The van der Waals surface area contributed by atoms with Crippen molar-refractivity contribution in [2.75, 3.05) is 13.2 Å². The van der Waals surface area contributed by atoms with Crippen LogP contribution in [-0.4, -0.2) is 18.1 Å². The summed E-state index contributed by atoms with van der Waals surface area (Å²) in [6, 6.07) is 1.94. The van der Waals surface area contributed by atoms with Gasteiger partial charge in [0.15, 0.2) is 0 Å². The van der Waals surface area contributed by atoms with Gasteiger partial charge in [0, 0.05) is 24.5 Å². The largest absolute Gasteiger partial charge is 0.493 e. The molecule has 3 heteroatoms. The number of rotatable bonds is 7. The lowest BCUT2D eigenvalue weighted by Gasteiger charge is -2.13. The first-order valence-electron chi connectivity index (χ1n) is 6.36. The lowest BCUT2D eigenvalue weighted by atomic mass is 10.2. The Morgan fingerprint density at radius 2 is 2.00 bits per heavy atom. The van der Waals surface area contributed by atoms with Crippen LogP contribution in [0.25, 0.3) is 0 Å². The molecule has 0 unspecified atom stereocenters. The van der Waals surface area contributed by atoms with Crippen LogP contribution in [0, 0.1) is 11.8 Å². The molecule has 96 valence electrons. The van der Waals surface area contributed by atoms with Crippen molar-refractivity contribution in [1.29, 1.82) is 0 Å². The third-order valence-corrected chi connectivity index (χ3v) is 2.30. The van der Waals surface area contributed by atoms with Gasteiger partial charge in [0.1, 0.15) is 5.75 Å². The van der Waals surface area contributed by atoms with Gasteiger partial charge < -0.3 is 10.1 Å². The summed E-state index contributed by atoms with van der Waals surface area (Å²) < 4.78 is 5.78. The number of ether oxygens (including phenoxy) is 1. The van der Waals surface area contributed by atoms with E-state index in [0.717, 1.165) is 31.0 Å². The molecule has 0 radical (unpaired) electrons. The van der Waals surface area contributed by atoms with Gasteiger partial charge in [0.25, 0.3) is 0 Å². The predicted octanol–water partition coefficient (Wildman–Crippen LogP) is 2.86. The number of aromatic nitrogens is 1. The molecule has 17 heavy (non-hydrogen) atoms. The highest BCUT2D eigenvalue weighted by Crippen LogP contribution is 2.17. The molecular formula is C14H24N2O. The van der Waals surface area contributed by atoms with Crippen LogP contribution in [0.4, 0.5) is 0 Å². The lowest BCUT2D eigenvalue weighted by Crippen LogP contribution is -2.19. The molecule has 1 heterocycles. The maximum Gasteiger partial charge on any atom is 0.126 e. The van der Waals surface area contributed by atoms with Crippen molar-refractivity contribution in [3.8, 4) is 5.75 Å². The number of hydrogen-bond donors (Lipinski definition) is 1. The van der Waals surface area contributed by atoms with E-state index in [9.17, 15) is 0 Å². The van der Waals surface area contributed by atoms with Gasteiger partial charge in [0.2, 0.25) is 0 Å². The van der Waals surface area contributed by atoms with Crippen LogP contribution in [0.5, 0.6) is 5.75 Å². The van der Waals surface area contributed by atoms with E-state index >= 15 is 0 Å². The molecule has 3 nitrogen and oxygen atoms in total. The molecule has 1 rings (SSSR count). The number of pyridine rings is 1. The zero-order valence-electron chi connectivity index (χ0n) is 11.4. The summed E-state index contributed by atoms with van der Waals surface area (Å²) in [5.74, 6) is 2.15. The van der Waals surface area contributed by atoms with E-state index in [4.69, 9.17) is 4.74 Å². The second kappa shape index (κ2) is 7.28. The Balaban J connectivity index is 2.51. The van der Waals surface area contributed by atoms with Gasteiger partial charge >= 0.3 is 0 Å². The Kier molecular flexibility index (Phi) is 5.98. The lowest BCUT2D eigenvalue weighted by molar-refractivity contribution is 0.267. The van der Waals surface area contributed by atoms with Gasteiger partial charge in [-0.3, -0.25) is 4.98 Å². The van der Waals surface area contributed by atoms with E-state index in [-0.39, 0.29) is 0 Å². The van der Waals surface area contributed by atoms with Gasteiger partial charge in [-0.05, 0) is 24.4 Å². The maximum absolute atomic E-state index is 5.78. The minimum Gasteiger partial charge on any atom is -0.493 e. The predicted molar refractivity (Wildman–Crippen MR) is 71.1 cm³/mol. The Labute approximate surface area is 105 Å². The van der Waals surface area contributed by atoms with E-state index in [2.05, 4.69) is 38.0 Å². The van der Waals surface area contributed by atoms with Crippen molar-refractivity contribution < 1.29 is 4.74 Å². The van der Waals surface area contributed by atoms with Crippen LogP contribution in [0.3, 0.4) is 0 Å². The Bertz CT molecular complexity index is 324. The monoisotopic (exact) mass is 236 g/mol. The van der Waals surface area contributed by atoms with Gasteiger partial charge in [0.05, 0.1) is 6.61 Å². The molecule has 1 N–H and O–H groups in total. The minimum absolute atomic E-state index is 0.541. The standard InChI is InChI=1S/C14H24N2O/c1-11(2)7-16-9-13-8-15-6-5-14(13)17-10-12(3)4/h5-6,8,11-12,16H,7,9-10H2,1-4H3. The topological polar surface area (TPSA) is 34.2 Å². The molecule has 0 saturated carbocycles. The van der Waals surface area contributed by atoms with E-state index in [1.54, 1.807) is 6.20 Å². The van der Waals surface area contributed by atoms with E-state index in [1.807, 2.05) is 12.3 Å². The van der Waals surface area contributed by atoms with Crippen LogP contribution in [0.1, 0.15) is 33.3 Å². The van der Waals surface area contributed by atoms with Gasteiger partial charge in [-0.25, -0.2) is 0 Å². The maximum atomic E-state index is 5.78. The molecule has 0 aliphatic rings. The van der Waals surface area contributed by atoms with Crippen LogP contribution in [0.15, 0.2) is 18.5 Å². The number of nitrogens with zero attached hydrogens (tertiary/aromatic N) is 1. The molecule has 0 fully saturated rings. The van der Waals surface area contributed by atoms with Gasteiger partial charge in [-0.1, -0.05) is 27.7 Å².